The van der Waals surface area contributed by atoms with E-state index in [9.17, 15) is 14.4 Å². The van der Waals surface area contributed by atoms with Gasteiger partial charge in [-0.25, -0.2) is 4.68 Å². The first-order valence-corrected chi connectivity index (χ1v) is 11.8. The van der Waals surface area contributed by atoms with Gasteiger partial charge in [-0.05, 0) is 61.4 Å². The Bertz CT molecular complexity index is 1540. The van der Waals surface area contributed by atoms with E-state index >= 15 is 0 Å². The largest absolute Gasteiger partial charge is 0.454 e. The number of fused-ring (bicyclic) bond motifs is 1. The summed E-state index contributed by atoms with van der Waals surface area (Å²) in [7, 11) is 1.76. The SMILES string of the molecule is Cc1c(NC(=O)c2cccc(NC(=O)CCc3ccc4c(c3)OCO4)c2)c(=O)n(-c2ccccc2)n1C. The molecule has 0 unspecified atom stereocenters. The van der Waals surface area contributed by atoms with Crippen LogP contribution in [0.4, 0.5) is 11.4 Å². The summed E-state index contributed by atoms with van der Waals surface area (Å²) in [5.74, 6) is 0.760. The van der Waals surface area contributed by atoms with E-state index in [1.54, 1.807) is 42.9 Å². The average molecular weight is 499 g/mol. The fourth-order valence-electron chi connectivity index (χ4n) is 4.21. The Morgan fingerprint density at radius 3 is 2.51 bits per heavy atom. The molecule has 1 aromatic heterocycles. The maximum absolute atomic E-state index is 13.1. The number of ether oxygens (including phenoxy) is 2. The molecule has 2 amide bonds. The molecule has 1 aliphatic rings. The van der Waals surface area contributed by atoms with E-state index in [-0.39, 0.29) is 30.4 Å². The summed E-state index contributed by atoms with van der Waals surface area (Å²) >= 11 is 0. The number of anilines is 2. The Labute approximate surface area is 213 Å². The number of carbonyl (C=O) groups excluding carboxylic acids is 2. The van der Waals surface area contributed by atoms with Crippen LogP contribution in [0, 0.1) is 6.92 Å². The summed E-state index contributed by atoms with van der Waals surface area (Å²) in [6.07, 6.45) is 0.794. The van der Waals surface area contributed by atoms with Crippen LogP contribution in [-0.2, 0) is 18.3 Å². The first-order chi connectivity index (χ1) is 17.9. The second-order valence-corrected chi connectivity index (χ2v) is 8.71. The Morgan fingerprint density at radius 1 is 0.919 bits per heavy atom. The molecule has 9 nitrogen and oxygen atoms in total. The molecule has 188 valence electrons. The minimum absolute atomic E-state index is 0.181. The third kappa shape index (κ3) is 4.97. The average Bonchev–Trinajstić information content (AvgIpc) is 3.46. The molecule has 4 aromatic rings. The molecule has 2 N–H and O–H groups in total. The fraction of sp³-hybridized carbons (Fsp3) is 0.179. The summed E-state index contributed by atoms with van der Waals surface area (Å²) in [5, 5.41) is 5.58. The van der Waals surface area contributed by atoms with Crippen LogP contribution in [0.25, 0.3) is 5.69 Å². The molecule has 9 heteroatoms. The van der Waals surface area contributed by atoms with Gasteiger partial charge in [0.1, 0.15) is 5.69 Å². The van der Waals surface area contributed by atoms with Gasteiger partial charge in [0.25, 0.3) is 11.5 Å². The van der Waals surface area contributed by atoms with E-state index in [2.05, 4.69) is 10.6 Å². The normalized spacial score (nSPS) is 11.8. The minimum atomic E-state index is -0.442. The highest BCUT2D eigenvalue weighted by Crippen LogP contribution is 2.32. The quantitative estimate of drug-likeness (QED) is 0.400. The third-order valence-corrected chi connectivity index (χ3v) is 6.28. The van der Waals surface area contributed by atoms with Crippen molar-refractivity contribution in [2.45, 2.75) is 19.8 Å². The first kappa shape index (κ1) is 23.9. The standard InChI is InChI=1S/C28H26N4O5/c1-18-26(28(35)32(31(18)2)22-9-4-3-5-10-22)30-27(34)20-7-6-8-21(16-20)29-25(33)14-12-19-11-13-23-24(15-19)37-17-36-23/h3-11,13,15-16H,12,14,17H2,1-2H3,(H,29,33)(H,30,34). The lowest BCUT2D eigenvalue weighted by Crippen LogP contribution is -2.23. The molecule has 0 bridgehead atoms. The minimum Gasteiger partial charge on any atom is -0.454 e. The highest BCUT2D eigenvalue weighted by Gasteiger charge is 2.19. The van der Waals surface area contributed by atoms with E-state index in [0.29, 0.717) is 40.6 Å². The smallest absolute Gasteiger partial charge is 0.295 e. The molecule has 0 aliphatic carbocycles. The van der Waals surface area contributed by atoms with Gasteiger partial charge in [0.15, 0.2) is 11.5 Å². The molecule has 2 heterocycles. The zero-order valence-corrected chi connectivity index (χ0v) is 20.5. The molecule has 0 radical (unpaired) electrons. The molecule has 0 saturated carbocycles. The van der Waals surface area contributed by atoms with Crippen LogP contribution in [-0.4, -0.2) is 28.0 Å². The van der Waals surface area contributed by atoms with Gasteiger partial charge in [-0.15, -0.1) is 0 Å². The lowest BCUT2D eigenvalue weighted by Gasteiger charge is -2.08. The summed E-state index contributed by atoms with van der Waals surface area (Å²) < 4.78 is 13.9. The summed E-state index contributed by atoms with van der Waals surface area (Å²) in [4.78, 5) is 38.7. The van der Waals surface area contributed by atoms with Crippen molar-refractivity contribution in [1.82, 2.24) is 9.36 Å². The number of aryl methyl sites for hydroxylation is 1. The molecule has 5 rings (SSSR count). The lowest BCUT2D eigenvalue weighted by molar-refractivity contribution is -0.116. The molecule has 3 aromatic carbocycles. The topological polar surface area (TPSA) is 104 Å². The van der Waals surface area contributed by atoms with Gasteiger partial charge in [-0.3, -0.25) is 19.1 Å². The van der Waals surface area contributed by atoms with Crippen molar-refractivity contribution in [3.8, 4) is 17.2 Å². The molecule has 0 fully saturated rings. The van der Waals surface area contributed by atoms with Crippen molar-refractivity contribution in [3.63, 3.8) is 0 Å². The molecule has 37 heavy (non-hydrogen) atoms. The van der Waals surface area contributed by atoms with Crippen molar-refractivity contribution in [2.75, 3.05) is 17.4 Å². The summed E-state index contributed by atoms with van der Waals surface area (Å²) in [6, 6.07) is 21.4. The zero-order chi connectivity index (χ0) is 25.9. The summed E-state index contributed by atoms with van der Waals surface area (Å²) in [6.45, 7) is 1.98. The highest BCUT2D eigenvalue weighted by atomic mass is 16.7. The van der Waals surface area contributed by atoms with Crippen molar-refractivity contribution in [1.29, 1.82) is 0 Å². The third-order valence-electron chi connectivity index (χ3n) is 6.28. The van der Waals surface area contributed by atoms with Gasteiger partial charge >= 0.3 is 0 Å². The van der Waals surface area contributed by atoms with Crippen molar-refractivity contribution >= 4 is 23.2 Å². The van der Waals surface area contributed by atoms with E-state index in [1.807, 2.05) is 48.5 Å². The number of amides is 2. The number of hydrogen-bond donors (Lipinski definition) is 2. The van der Waals surface area contributed by atoms with Crippen LogP contribution in [0.3, 0.4) is 0 Å². The number of hydrogen-bond acceptors (Lipinski definition) is 5. The van der Waals surface area contributed by atoms with Crippen LogP contribution >= 0.6 is 0 Å². The Hall–Kier alpha value is -4.79. The van der Waals surface area contributed by atoms with E-state index in [4.69, 9.17) is 9.47 Å². The fourth-order valence-corrected chi connectivity index (χ4v) is 4.21. The molecule has 1 aliphatic heterocycles. The molecule has 0 saturated heterocycles. The highest BCUT2D eigenvalue weighted by molar-refractivity contribution is 6.05. The maximum Gasteiger partial charge on any atom is 0.295 e. The molecular weight excluding hydrogens is 472 g/mol. The number of para-hydroxylation sites is 1. The first-order valence-electron chi connectivity index (χ1n) is 11.8. The zero-order valence-electron chi connectivity index (χ0n) is 20.5. The summed E-state index contributed by atoms with van der Waals surface area (Å²) in [5.41, 5.74) is 2.98. The Morgan fingerprint density at radius 2 is 1.70 bits per heavy atom. The number of benzene rings is 3. The predicted octanol–water partition coefficient (Wildman–Crippen LogP) is 4.04. The van der Waals surface area contributed by atoms with Gasteiger partial charge < -0.3 is 20.1 Å². The number of carbonyl (C=O) groups is 2. The van der Waals surface area contributed by atoms with Crippen LogP contribution in [0.15, 0.2) is 77.6 Å². The van der Waals surface area contributed by atoms with Crippen LogP contribution in [0.1, 0.15) is 28.0 Å². The number of aromatic nitrogens is 2. The van der Waals surface area contributed by atoms with Gasteiger partial charge in [0, 0.05) is 24.7 Å². The van der Waals surface area contributed by atoms with Gasteiger partial charge in [0.05, 0.1) is 11.4 Å². The van der Waals surface area contributed by atoms with Gasteiger partial charge in [-0.2, -0.15) is 0 Å². The molecule has 0 spiro atoms. The van der Waals surface area contributed by atoms with Gasteiger partial charge in [-0.1, -0.05) is 30.3 Å². The second-order valence-electron chi connectivity index (χ2n) is 8.71. The monoisotopic (exact) mass is 498 g/mol. The van der Waals surface area contributed by atoms with Crippen LogP contribution in [0.5, 0.6) is 11.5 Å². The number of nitrogens with one attached hydrogen (secondary N) is 2. The molecular formula is C28H26N4O5. The maximum atomic E-state index is 13.1. The Kier molecular flexibility index (Phi) is 6.51. The molecule has 0 atom stereocenters. The van der Waals surface area contributed by atoms with E-state index < -0.39 is 5.91 Å². The number of rotatable bonds is 7. The number of nitrogens with zero attached hydrogens (tertiary/aromatic N) is 2. The van der Waals surface area contributed by atoms with Crippen LogP contribution < -0.4 is 25.7 Å². The van der Waals surface area contributed by atoms with Crippen molar-refractivity contribution in [3.05, 3.63) is 100.0 Å². The lowest BCUT2D eigenvalue weighted by atomic mass is 10.1. The Balaban J connectivity index is 1.25. The van der Waals surface area contributed by atoms with Crippen molar-refractivity contribution < 1.29 is 19.1 Å². The van der Waals surface area contributed by atoms with Crippen molar-refractivity contribution in [2.24, 2.45) is 7.05 Å². The van der Waals surface area contributed by atoms with Gasteiger partial charge in [0.2, 0.25) is 12.7 Å². The predicted molar refractivity (Wildman–Crippen MR) is 140 cm³/mol. The second kappa shape index (κ2) is 10.1. The van der Waals surface area contributed by atoms with Crippen LogP contribution in [0.2, 0.25) is 0 Å². The van der Waals surface area contributed by atoms with E-state index in [0.717, 1.165) is 5.56 Å². The van der Waals surface area contributed by atoms with E-state index in [1.165, 1.54) is 4.68 Å².